The summed E-state index contributed by atoms with van der Waals surface area (Å²) in [6.07, 6.45) is 7.59. The van der Waals surface area contributed by atoms with Crippen LogP contribution in [0.2, 0.25) is 0 Å². The van der Waals surface area contributed by atoms with Crippen LogP contribution in [0.4, 0.5) is 11.6 Å². The van der Waals surface area contributed by atoms with Crippen LogP contribution in [-0.2, 0) is 4.79 Å². The Morgan fingerprint density at radius 1 is 1.07 bits per heavy atom. The number of aliphatic hydroxyl groups is 2. The van der Waals surface area contributed by atoms with Gasteiger partial charge in [0.1, 0.15) is 28.7 Å². The van der Waals surface area contributed by atoms with Crippen molar-refractivity contribution in [3.05, 3.63) is 71.9 Å². The van der Waals surface area contributed by atoms with Crippen LogP contribution in [0.3, 0.4) is 0 Å². The van der Waals surface area contributed by atoms with Crippen molar-refractivity contribution in [2.45, 2.75) is 43.6 Å². The van der Waals surface area contributed by atoms with E-state index in [9.17, 15) is 19.8 Å². The van der Waals surface area contributed by atoms with E-state index in [2.05, 4.69) is 15.3 Å². The number of nitrogens with one attached hydrogen (secondary N) is 1. The molecule has 5 N–H and O–H groups in total. The van der Waals surface area contributed by atoms with Crippen molar-refractivity contribution in [1.82, 2.24) is 24.3 Å². The number of piperidine rings is 1. The van der Waals surface area contributed by atoms with E-state index < -0.39 is 18.6 Å². The number of anilines is 2. The molecule has 0 radical (unpaired) electrons. The van der Waals surface area contributed by atoms with Gasteiger partial charge in [-0.2, -0.15) is 0 Å². The number of benzene rings is 1. The van der Waals surface area contributed by atoms with E-state index in [1.807, 2.05) is 28.7 Å². The van der Waals surface area contributed by atoms with Crippen molar-refractivity contribution < 1.29 is 19.8 Å². The number of rotatable bonds is 7. The molecule has 206 valence electrons. The molecule has 1 saturated heterocycles. The van der Waals surface area contributed by atoms with Crippen LogP contribution in [0.5, 0.6) is 0 Å². The molecule has 1 aliphatic carbocycles. The predicted octanol–water partition coefficient (Wildman–Crippen LogP) is 2.56. The molecular weight excluding hydrogens is 510 g/mol. The normalized spacial score (nSPS) is 18.1. The van der Waals surface area contributed by atoms with Crippen LogP contribution in [0, 0.1) is 0 Å². The molecule has 4 aromatic rings. The lowest BCUT2D eigenvalue weighted by Crippen LogP contribution is -2.45. The number of hydrogen-bond acceptors (Lipinski definition) is 8. The second-order valence-corrected chi connectivity index (χ2v) is 10.5. The molecule has 3 aromatic heterocycles. The maximum absolute atomic E-state index is 12.9. The minimum Gasteiger partial charge on any atom is -0.393 e. The summed E-state index contributed by atoms with van der Waals surface area (Å²) in [6, 6.07) is 11.1. The summed E-state index contributed by atoms with van der Waals surface area (Å²) >= 11 is 0. The number of nitrogens with zero attached hydrogens (tertiary/aromatic N) is 5. The number of pyridine rings is 1. The first-order chi connectivity index (χ1) is 19.4. The largest absolute Gasteiger partial charge is 0.393 e. The maximum Gasteiger partial charge on any atom is 0.256 e. The Kier molecular flexibility index (Phi) is 6.91. The van der Waals surface area contributed by atoms with Crippen LogP contribution in [0.15, 0.2) is 55.0 Å². The van der Waals surface area contributed by atoms with E-state index in [4.69, 9.17) is 10.7 Å². The van der Waals surface area contributed by atoms with Gasteiger partial charge in [0.2, 0.25) is 0 Å². The monoisotopic (exact) mass is 541 g/mol. The number of aliphatic hydroxyl groups excluding tert-OH is 2. The lowest BCUT2D eigenvalue weighted by atomic mass is 9.96. The standard InChI is InChI=1S/C29H31N7O4/c30-26-25-24(18-5-7-19(8-6-18)28(39)33-23-14-20(9-10-31-23)17-3-4-17)34-27(36(25)13-11-32-26)21-2-1-12-35(15-21)29(40)22(38)16-37/h5-11,13-14,17,21-22,37-38H,1-4,12,15-16H2,(H2,30,32)(H,31,33,39)/t21-,22-/m1/s1. The van der Waals surface area contributed by atoms with Gasteiger partial charge >= 0.3 is 0 Å². The molecule has 1 aromatic carbocycles. The molecule has 2 aliphatic rings. The Balaban J connectivity index is 1.26. The smallest absolute Gasteiger partial charge is 0.256 e. The third-order valence-electron chi connectivity index (χ3n) is 7.66. The summed E-state index contributed by atoms with van der Waals surface area (Å²) < 4.78 is 1.90. The quantitative estimate of drug-likeness (QED) is 0.278. The predicted molar refractivity (Wildman–Crippen MR) is 149 cm³/mol. The van der Waals surface area contributed by atoms with E-state index in [1.54, 1.807) is 35.6 Å². The Hall–Kier alpha value is -4.35. The van der Waals surface area contributed by atoms with Crippen LogP contribution >= 0.6 is 0 Å². The fourth-order valence-electron chi connectivity index (χ4n) is 5.41. The second-order valence-electron chi connectivity index (χ2n) is 10.5. The highest BCUT2D eigenvalue weighted by atomic mass is 16.3. The highest BCUT2D eigenvalue weighted by Gasteiger charge is 2.31. The first kappa shape index (κ1) is 25.9. The number of nitrogen functional groups attached to an aromatic ring is 1. The molecular formula is C29H31N7O4. The van der Waals surface area contributed by atoms with Gasteiger partial charge in [-0.3, -0.25) is 14.0 Å². The number of carbonyl (C=O) groups excluding carboxylic acids is 2. The van der Waals surface area contributed by atoms with Gasteiger partial charge in [0.15, 0.2) is 6.10 Å². The topological polar surface area (TPSA) is 159 Å². The molecule has 0 bridgehead atoms. The summed E-state index contributed by atoms with van der Waals surface area (Å²) in [5, 5.41) is 22.0. The van der Waals surface area contributed by atoms with E-state index in [-0.39, 0.29) is 11.8 Å². The summed E-state index contributed by atoms with van der Waals surface area (Å²) in [6.45, 7) is 0.262. The number of carbonyl (C=O) groups is 2. The molecule has 2 fully saturated rings. The summed E-state index contributed by atoms with van der Waals surface area (Å²) in [5.74, 6) is 1.32. The van der Waals surface area contributed by atoms with Gasteiger partial charge in [-0.05, 0) is 61.4 Å². The lowest BCUT2D eigenvalue weighted by Gasteiger charge is -2.33. The molecule has 2 amide bonds. The average molecular weight is 542 g/mol. The Morgan fingerprint density at radius 2 is 1.88 bits per heavy atom. The van der Waals surface area contributed by atoms with Gasteiger partial charge in [0.05, 0.1) is 6.61 Å². The van der Waals surface area contributed by atoms with Gasteiger partial charge in [0, 0.05) is 48.7 Å². The fraction of sp³-hybridized carbons (Fsp3) is 0.345. The molecule has 4 heterocycles. The van der Waals surface area contributed by atoms with Crippen molar-refractivity contribution in [3.8, 4) is 11.3 Å². The van der Waals surface area contributed by atoms with Crippen molar-refractivity contribution in [1.29, 1.82) is 0 Å². The Morgan fingerprint density at radius 3 is 2.62 bits per heavy atom. The molecule has 1 aliphatic heterocycles. The molecule has 11 heteroatoms. The molecule has 11 nitrogen and oxygen atoms in total. The zero-order valence-corrected chi connectivity index (χ0v) is 21.9. The highest BCUT2D eigenvalue weighted by Crippen LogP contribution is 2.40. The summed E-state index contributed by atoms with van der Waals surface area (Å²) in [5.41, 5.74) is 10.0. The number of nitrogens with two attached hydrogens (primary N) is 1. The van der Waals surface area contributed by atoms with Crippen LogP contribution in [0.1, 0.15) is 59.3 Å². The van der Waals surface area contributed by atoms with Gasteiger partial charge in [-0.1, -0.05) is 12.1 Å². The third kappa shape index (κ3) is 5.01. The van der Waals surface area contributed by atoms with Crippen LogP contribution in [0.25, 0.3) is 16.8 Å². The molecule has 0 spiro atoms. The lowest BCUT2D eigenvalue weighted by molar-refractivity contribution is -0.143. The number of imidazole rings is 1. The van der Waals surface area contributed by atoms with Crippen molar-refractivity contribution >= 4 is 29.0 Å². The second kappa shape index (κ2) is 10.7. The van der Waals surface area contributed by atoms with Crippen molar-refractivity contribution in [3.63, 3.8) is 0 Å². The number of hydrogen-bond donors (Lipinski definition) is 4. The van der Waals surface area contributed by atoms with Crippen LogP contribution in [-0.4, -0.2) is 72.1 Å². The van der Waals surface area contributed by atoms with E-state index in [1.165, 1.54) is 18.4 Å². The highest BCUT2D eigenvalue weighted by molar-refractivity contribution is 6.04. The molecule has 0 unspecified atom stereocenters. The van der Waals surface area contributed by atoms with Crippen molar-refractivity contribution in [2.24, 2.45) is 0 Å². The minimum atomic E-state index is -1.43. The average Bonchev–Trinajstić information content (AvgIpc) is 3.77. The van der Waals surface area contributed by atoms with Gasteiger partial charge in [0.25, 0.3) is 11.8 Å². The van der Waals surface area contributed by atoms with Gasteiger partial charge < -0.3 is 26.2 Å². The third-order valence-corrected chi connectivity index (χ3v) is 7.66. The minimum absolute atomic E-state index is 0.101. The van der Waals surface area contributed by atoms with Gasteiger partial charge in [-0.15, -0.1) is 0 Å². The summed E-state index contributed by atoms with van der Waals surface area (Å²) in [7, 11) is 0. The first-order valence-corrected chi connectivity index (χ1v) is 13.5. The number of aromatic nitrogens is 4. The molecule has 6 rings (SSSR count). The van der Waals surface area contributed by atoms with E-state index >= 15 is 0 Å². The zero-order valence-electron chi connectivity index (χ0n) is 21.9. The Bertz CT molecular complexity index is 1560. The number of likely N-dealkylation sites (tertiary alicyclic amines) is 1. The first-order valence-electron chi connectivity index (χ1n) is 13.5. The number of amides is 2. The molecule has 40 heavy (non-hydrogen) atoms. The molecule has 1 saturated carbocycles. The molecule has 2 atom stereocenters. The maximum atomic E-state index is 12.9. The SMILES string of the molecule is Nc1nccn2c([C@@H]3CCCN(C(=O)[C@H](O)CO)C3)nc(-c3ccc(C(=O)Nc4cc(C5CC5)ccn4)cc3)c12. The van der Waals surface area contributed by atoms with Gasteiger partial charge in [-0.25, -0.2) is 15.0 Å². The van der Waals surface area contributed by atoms with Crippen molar-refractivity contribution in [2.75, 3.05) is 30.7 Å². The van der Waals surface area contributed by atoms with E-state index in [0.29, 0.717) is 47.4 Å². The Labute approximate surface area is 230 Å². The van der Waals surface area contributed by atoms with Crippen LogP contribution < -0.4 is 11.1 Å². The fourth-order valence-corrected chi connectivity index (χ4v) is 5.41. The number of fused-ring (bicyclic) bond motifs is 1. The zero-order chi connectivity index (χ0) is 27.8. The summed E-state index contributed by atoms with van der Waals surface area (Å²) in [4.78, 5) is 40.5. The van der Waals surface area contributed by atoms with E-state index in [0.717, 1.165) is 24.2 Å².